The van der Waals surface area contributed by atoms with E-state index in [-0.39, 0.29) is 11.4 Å². The molecule has 2 aromatic heterocycles. The number of nitrogens with zero attached hydrogens (tertiary/aromatic N) is 4. The first-order valence-corrected chi connectivity index (χ1v) is 5.58. The molecule has 0 atom stereocenters. The molecule has 2 heterocycles. The number of hydrogen-bond acceptors (Lipinski definition) is 6. The van der Waals surface area contributed by atoms with E-state index in [0.717, 1.165) is 5.69 Å². The van der Waals surface area contributed by atoms with Crippen LogP contribution in [0, 0.1) is 6.92 Å². The van der Waals surface area contributed by atoms with Gasteiger partial charge in [0.1, 0.15) is 17.8 Å². The normalized spacial score (nSPS) is 10.8. The van der Waals surface area contributed by atoms with Crippen LogP contribution in [0.25, 0.3) is 5.78 Å². The lowest BCUT2D eigenvalue weighted by Crippen LogP contribution is -2.00. The molecule has 3 N–H and O–H groups in total. The molecule has 96 valence electrons. The van der Waals surface area contributed by atoms with E-state index in [0.29, 0.717) is 17.4 Å². The Bertz CT molecular complexity index is 753. The van der Waals surface area contributed by atoms with Crippen LogP contribution in [0.5, 0.6) is 17.4 Å². The number of benzene rings is 1. The minimum atomic E-state index is -0.0295. The molecule has 19 heavy (non-hydrogen) atoms. The van der Waals surface area contributed by atoms with Crippen LogP contribution in [0.15, 0.2) is 30.6 Å². The van der Waals surface area contributed by atoms with E-state index < -0.39 is 0 Å². The van der Waals surface area contributed by atoms with Gasteiger partial charge in [0.15, 0.2) is 5.75 Å². The van der Waals surface area contributed by atoms with E-state index in [1.54, 1.807) is 18.2 Å². The summed E-state index contributed by atoms with van der Waals surface area (Å²) in [5.74, 6) is 1.19. The summed E-state index contributed by atoms with van der Waals surface area (Å²) in [4.78, 5) is 8.21. The zero-order valence-electron chi connectivity index (χ0n) is 10.1. The molecular weight excluding hydrogens is 246 g/mol. The van der Waals surface area contributed by atoms with Crippen molar-refractivity contribution in [2.75, 3.05) is 5.73 Å². The van der Waals surface area contributed by atoms with Gasteiger partial charge in [-0.05, 0) is 19.1 Å². The van der Waals surface area contributed by atoms with Crippen molar-refractivity contribution < 1.29 is 9.84 Å². The molecule has 7 heteroatoms. The van der Waals surface area contributed by atoms with E-state index in [9.17, 15) is 5.11 Å². The second kappa shape index (κ2) is 4.13. The number of nitrogen functional groups attached to an aromatic ring is 1. The molecule has 0 saturated heterocycles. The fourth-order valence-electron chi connectivity index (χ4n) is 1.70. The third-order valence-electron chi connectivity index (χ3n) is 2.60. The number of aromatic hydroxyl groups is 1. The quantitative estimate of drug-likeness (QED) is 0.533. The third kappa shape index (κ3) is 1.90. The minimum Gasteiger partial charge on any atom is -0.506 e. The summed E-state index contributed by atoms with van der Waals surface area (Å²) in [6.45, 7) is 1.83. The predicted octanol–water partition coefficient (Wildman–Crippen LogP) is 1.51. The first kappa shape index (κ1) is 11.3. The fraction of sp³-hybridized carbons (Fsp3) is 0.0833. The van der Waals surface area contributed by atoms with Crippen LogP contribution in [-0.2, 0) is 0 Å². The number of hydrogen-bond donors (Lipinski definition) is 2. The monoisotopic (exact) mass is 257 g/mol. The number of phenols is 1. The Labute approximate surface area is 108 Å². The zero-order chi connectivity index (χ0) is 13.4. The molecule has 0 aliphatic carbocycles. The van der Waals surface area contributed by atoms with Crippen LogP contribution < -0.4 is 10.5 Å². The van der Waals surface area contributed by atoms with Gasteiger partial charge in [-0.1, -0.05) is 6.07 Å². The Balaban J connectivity index is 2.10. The highest BCUT2D eigenvalue weighted by Gasteiger charge is 2.11. The number of anilines is 1. The molecule has 0 aliphatic heterocycles. The van der Waals surface area contributed by atoms with Gasteiger partial charge in [-0.3, -0.25) is 0 Å². The Morgan fingerprint density at radius 1 is 1.37 bits per heavy atom. The van der Waals surface area contributed by atoms with Crippen molar-refractivity contribution in [2.45, 2.75) is 6.92 Å². The molecule has 0 unspecified atom stereocenters. The standard InChI is InChI=1S/C12H11N5O2/c1-7-5-10(17-12(16-7)14-6-15-17)19-9-4-2-3-8(18)11(9)13/h2-6,18H,13H2,1H3. The fourth-order valence-corrected chi connectivity index (χ4v) is 1.70. The lowest BCUT2D eigenvalue weighted by atomic mass is 10.3. The highest BCUT2D eigenvalue weighted by Crippen LogP contribution is 2.33. The van der Waals surface area contributed by atoms with E-state index in [4.69, 9.17) is 10.5 Å². The highest BCUT2D eigenvalue weighted by molar-refractivity contribution is 5.62. The number of fused-ring (bicyclic) bond motifs is 1. The number of phenolic OH excluding ortho intramolecular Hbond substituents is 1. The topological polar surface area (TPSA) is 98.6 Å². The van der Waals surface area contributed by atoms with Gasteiger partial charge in [0.2, 0.25) is 5.88 Å². The summed E-state index contributed by atoms with van der Waals surface area (Å²) in [7, 11) is 0. The van der Waals surface area contributed by atoms with Crippen molar-refractivity contribution in [3.8, 4) is 17.4 Å². The molecule has 0 amide bonds. The summed E-state index contributed by atoms with van der Waals surface area (Å²) < 4.78 is 7.13. The molecule has 0 spiro atoms. The van der Waals surface area contributed by atoms with Gasteiger partial charge in [0.05, 0.1) is 0 Å². The molecule has 0 bridgehead atoms. The predicted molar refractivity (Wildman–Crippen MR) is 68.1 cm³/mol. The van der Waals surface area contributed by atoms with Crippen LogP contribution >= 0.6 is 0 Å². The van der Waals surface area contributed by atoms with Gasteiger partial charge in [0.25, 0.3) is 5.78 Å². The van der Waals surface area contributed by atoms with Crippen LogP contribution in [0.2, 0.25) is 0 Å². The van der Waals surface area contributed by atoms with Gasteiger partial charge in [-0.2, -0.15) is 14.6 Å². The Hall–Kier alpha value is -2.83. The van der Waals surface area contributed by atoms with E-state index in [1.165, 1.54) is 16.9 Å². The Morgan fingerprint density at radius 2 is 2.21 bits per heavy atom. The highest BCUT2D eigenvalue weighted by atomic mass is 16.5. The van der Waals surface area contributed by atoms with E-state index >= 15 is 0 Å². The second-order valence-corrected chi connectivity index (χ2v) is 4.00. The molecule has 1 aromatic carbocycles. The Kier molecular flexibility index (Phi) is 2.45. The maximum absolute atomic E-state index is 9.55. The van der Waals surface area contributed by atoms with Crippen molar-refractivity contribution >= 4 is 11.5 Å². The number of aryl methyl sites for hydroxylation is 1. The summed E-state index contributed by atoms with van der Waals surface area (Å²) >= 11 is 0. The molecule has 0 fully saturated rings. The SMILES string of the molecule is Cc1cc(Oc2cccc(O)c2N)n2ncnc2n1. The van der Waals surface area contributed by atoms with E-state index in [2.05, 4.69) is 15.1 Å². The number of ether oxygens (including phenoxy) is 1. The average Bonchev–Trinajstić information content (AvgIpc) is 2.83. The summed E-state index contributed by atoms with van der Waals surface area (Å²) in [5, 5.41) is 13.6. The smallest absolute Gasteiger partial charge is 0.255 e. The molecule has 0 aliphatic rings. The van der Waals surface area contributed by atoms with Gasteiger partial charge >= 0.3 is 0 Å². The molecule has 7 nitrogen and oxygen atoms in total. The van der Waals surface area contributed by atoms with Crippen LogP contribution in [0.4, 0.5) is 5.69 Å². The van der Waals surface area contributed by atoms with Crippen molar-refractivity contribution in [3.63, 3.8) is 0 Å². The second-order valence-electron chi connectivity index (χ2n) is 4.00. The van der Waals surface area contributed by atoms with Crippen LogP contribution in [-0.4, -0.2) is 24.7 Å². The largest absolute Gasteiger partial charge is 0.506 e. The maximum Gasteiger partial charge on any atom is 0.255 e. The number of aromatic nitrogens is 4. The van der Waals surface area contributed by atoms with Crippen molar-refractivity contribution in [2.24, 2.45) is 0 Å². The van der Waals surface area contributed by atoms with Gasteiger partial charge < -0.3 is 15.6 Å². The summed E-state index contributed by atoms with van der Waals surface area (Å²) in [5.41, 5.74) is 6.67. The first-order valence-electron chi connectivity index (χ1n) is 5.58. The third-order valence-corrected chi connectivity index (χ3v) is 2.60. The van der Waals surface area contributed by atoms with Gasteiger partial charge in [-0.15, -0.1) is 0 Å². The van der Waals surface area contributed by atoms with Gasteiger partial charge in [-0.25, -0.2) is 4.98 Å². The van der Waals surface area contributed by atoms with Crippen molar-refractivity contribution in [1.82, 2.24) is 19.6 Å². The summed E-state index contributed by atoms with van der Waals surface area (Å²) in [6, 6.07) is 6.51. The average molecular weight is 257 g/mol. The van der Waals surface area contributed by atoms with Gasteiger partial charge in [0, 0.05) is 11.8 Å². The summed E-state index contributed by atoms with van der Waals surface area (Å²) in [6.07, 6.45) is 1.39. The Morgan fingerprint density at radius 3 is 3.05 bits per heavy atom. The maximum atomic E-state index is 9.55. The number of nitrogens with two attached hydrogens (primary N) is 1. The number of rotatable bonds is 2. The molecule has 3 rings (SSSR count). The lowest BCUT2D eigenvalue weighted by molar-refractivity contribution is 0.437. The molecule has 0 saturated carbocycles. The van der Waals surface area contributed by atoms with Crippen LogP contribution in [0.1, 0.15) is 5.69 Å². The molecule has 3 aromatic rings. The minimum absolute atomic E-state index is 0.0295. The van der Waals surface area contributed by atoms with Crippen molar-refractivity contribution in [1.29, 1.82) is 0 Å². The molecular formula is C12H11N5O2. The lowest BCUT2D eigenvalue weighted by Gasteiger charge is -2.10. The van der Waals surface area contributed by atoms with Crippen LogP contribution in [0.3, 0.4) is 0 Å². The number of para-hydroxylation sites is 1. The first-order chi connectivity index (χ1) is 9.15. The van der Waals surface area contributed by atoms with E-state index in [1.807, 2.05) is 6.92 Å². The zero-order valence-corrected chi connectivity index (χ0v) is 10.1. The van der Waals surface area contributed by atoms with Crippen molar-refractivity contribution in [3.05, 3.63) is 36.3 Å². The molecule has 0 radical (unpaired) electrons.